The van der Waals surface area contributed by atoms with Crippen LogP contribution in [-0.2, 0) is 21.7 Å². The second-order valence-electron chi connectivity index (χ2n) is 9.71. The Morgan fingerprint density at radius 2 is 0.674 bits per heavy atom. The molecule has 0 saturated heterocycles. The van der Waals surface area contributed by atoms with Crippen molar-refractivity contribution in [2.24, 2.45) is 21.8 Å². The molecule has 0 atom stereocenters. The summed E-state index contributed by atoms with van der Waals surface area (Å²) in [4.78, 5) is 9.21. The molecule has 0 N–H and O–H groups in total. The first-order chi connectivity index (χ1) is 20.3. The van der Waals surface area contributed by atoms with Gasteiger partial charge < -0.3 is 31.3 Å². The zero-order chi connectivity index (χ0) is 31.0. The van der Waals surface area contributed by atoms with Crippen LogP contribution in [0.15, 0.2) is 131 Å². The largest absolute Gasteiger partial charge is 4.00 e. The van der Waals surface area contributed by atoms with Crippen molar-refractivity contribution in [2.45, 2.75) is 27.7 Å². The Morgan fingerprint density at radius 3 is 0.907 bits per heavy atom. The third kappa shape index (κ3) is 18.6. The molecule has 6 nitrogen and oxygen atoms in total. The van der Waals surface area contributed by atoms with Crippen LogP contribution < -0.4 is 0 Å². The number of amidine groups is 2. The Hall–Kier alpha value is -3.55. The van der Waals surface area contributed by atoms with Gasteiger partial charge in [0.1, 0.15) is 0 Å². The molecular weight excluding hydrogens is 564 g/mol. The van der Waals surface area contributed by atoms with Crippen LogP contribution >= 0.6 is 0 Å². The molecule has 0 aromatic heterocycles. The molecule has 0 aliphatic heterocycles. The van der Waals surface area contributed by atoms with Gasteiger partial charge in [-0.2, -0.15) is 28.2 Å². The van der Waals surface area contributed by atoms with E-state index in [1.54, 1.807) is 28.2 Å². The molecule has 0 spiro atoms. The van der Waals surface area contributed by atoms with E-state index in [1.165, 1.54) is 0 Å². The second-order valence-corrected chi connectivity index (χ2v) is 9.71. The smallest absolute Gasteiger partial charge is 0.668 e. The Labute approximate surface area is 275 Å². The van der Waals surface area contributed by atoms with Gasteiger partial charge in [-0.15, -0.1) is 0 Å². The van der Waals surface area contributed by atoms with Crippen molar-refractivity contribution in [3.05, 3.63) is 143 Å². The molecular formula is C36H46N6Ti. The molecule has 4 aromatic rings. The van der Waals surface area contributed by atoms with Gasteiger partial charge in [-0.05, 0) is 34.6 Å². The molecule has 0 radical (unpaired) electrons. The van der Waals surface area contributed by atoms with Gasteiger partial charge in [0, 0.05) is 0 Å². The van der Waals surface area contributed by atoms with Crippen LogP contribution in [0.5, 0.6) is 0 Å². The first-order valence-corrected chi connectivity index (χ1v) is 14.1. The van der Waals surface area contributed by atoms with E-state index in [2.05, 4.69) is 58.9 Å². The van der Waals surface area contributed by atoms with Crippen LogP contribution in [0.3, 0.4) is 0 Å². The molecule has 0 aliphatic carbocycles. The molecule has 4 aromatic carbocycles. The molecule has 0 heterocycles. The van der Waals surface area contributed by atoms with Crippen molar-refractivity contribution in [1.29, 1.82) is 0 Å². The molecule has 7 heteroatoms. The van der Waals surface area contributed by atoms with E-state index < -0.39 is 0 Å². The van der Waals surface area contributed by atoms with Gasteiger partial charge in [-0.25, -0.2) is 0 Å². The minimum atomic E-state index is 0. The molecule has 0 unspecified atom stereocenters. The first-order valence-electron chi connectivity index (χ1n) is 14.1. The minimum absolute atomic E-state index is 0. The summed E-state index contributed by atoms with van der Waals surface area (Å²) < 4.78 is 0. The van der Waals surface area contributed by atoms with Gasteiger partial charge in [0.15, 0.2) is 0 Å². The van der Waals surface area contributed by atoms with Crippen LogP contribution in [0.1, 0.15) is 27.7 Å². The molecule has 4 rings (SSSR count). The monoisotopic (exact) mass is 610 g/mol. The van der Waals surface area contributed by atoms with E-state index in [0.29, 0.717) is 11.8 Å². The molecule has 43 heavy (non-hydrogen) atoms. The number of hydrogen-bond acceptors (Lipinski definition) is 2. The summed E-state index contributed by atoms with van der Waals surface area (Å²) in [6.07, 6.45) is 0. The van der Waals surface area contributed by atoms with Crippen molar-refractivity contribution >= 4 is 34.4 Å². The number of hydrogen-bond donors (Lipinski definition) is 0. The Balaban J connectivity index is 0.000000680. The maximum atomic E-state index is 4.60. The summed E-state index contributed by atoms with van der Waals surface area (Å²) in [5, 5.41) is 16.2. The average molecular weight is 611 g/mol. The number of benzene rings is 4. The van der Waals surface area contributed by atoms with Gasteiger partial charge in [0.05, 0.1) is 0 Å². The molecule has 0 fully saturated rings. The van der Waals surface area contributed by atoms with Crippen molar-refractivity contribution in [3.63, 3.8) is 0 Å². The van der Waals surface area contributed by atoms with Gasteiger partial charge in [-0.3, -0.25) is 0 Å². The normalized spacial score (nSPS) is 10.6. The number of rotatable bonds is 6. The third-order valence-corrected chi connectivity index (χ3v) is 5.03. The topological polar surface area (TPSA) is 81.1 Å². The molecule has 0 aliphatic rings. The average Bonchev–Trinajstić information content (AvgIpc) is 3.00. The van der Waals surface area contributed by atoms with Gasteiger partial charge in [-0.1, -0.05) is 161 Å². The van der Waals surface area contributed by atoms with Crippen LogP contribution in [0.2, 0.25) is 0 Å². The Kier molecular flexibility index (Phi) is 22.9. The summed E-state index contributed by atoms with van der Waals surface area (Å²) >= 11 is 0. The quantitative estimate of drug-likeness (QED) is 0.118. The standard InChI is InChI=1S/2C16H17N2.2C2H6N.Ti/c2*1-13(2)16(17-14-9-5-3-6-10-14)18-15-11-7-4-8-12-15;2*1-3-2;/h2*3-13H,1-2H3;2*1-2H3;/q4*-1;+4. The maximum Gasteiger partial charge on any atom is 4.00 e. The van der Waals surface area contributed by atoms with Gasteiger partial charge in [0.2, 0.25) is 0 Å². The van der Waals surface area contributed by atoms with E-state index in [1.807, 2.05) is 121 Å². The zero-order valence-corrected chi connectivity index (χ0v) is 28.4. The summed E-state index contributed by atoms with van der Waals surface area (Å²) in [5.41, 5.74) is 3.78. The fourth-order valence-electron chi connectivity index (χ4n) is 3.11. The predicted octanol–water partition coefficient (Wildman–Crippen LogP) is 11.4. The van der Waals surface area contributed by atoms with Crippen LogP contribution in [0.4, 0.5) is 22.7 Å². The zero-order valence-electron chi connectivity index (χ0n) is 26.9. The van der Waals surface area contributed by atoms with E-state index in [4.69, 9.17) is 0 Å². The number of para-hydroxylation sites is 4. The van der Waals surface area contributed by atoms with E-state index >= 15 is 0 Å². The SMILES string of the molecule is CC(C)C(=Nc1ccccc1)[N-]c1ccccc1.CC(C)C(=Nc1ccccc1)[N-]c1ccccc1.C[N-]C.C[N-]C.[Ti+4]. The summed E-state index contributed by atoms with van der Waals surface area (Å²) in [6, 6.07) is 39.7. The van der Waals surface area contributed by atoms with E-state index in [-0.39, 0.29) is 21.7 Å². The molecule has 0 amide bonds. The van der Waals surface area contributed by atoms with Gasteiger partial charge >= 0.3 is 21.7 Å². The van der Waals surface area contributed by atoms with Crippen molar-refractivity contribution in [2.75, 3.05) is 28.2 Å². The van der Waals surface area contributed by atoms with Crippen molar-refractivity contribution < 1.29 is 21.7 Å². The molecule has 224 valence electrons. The van der Waals surface area contributed by atoms with Crippen molar-refractivity contribution in [3.8, 4) is 0 Å². The number of nitrogens with zero attached hydrogens (tertiary/aromatic N) is 6. The fraction of sp³-hybridized carbons (Fsp3) is 0.278. The van der Waals surface area contributed by atoms with Crippen LogP contribution in [0.25, 0.3) is 21.3 Å². The molecule has 0 bridgehead atoms. The minimum Gasteiger partial charge on any atom is -0.668 e. The maximum absolute atomic E-state index is 4.60. The van der Waals surface area contributed by atoms with E-state index in [0.717, 1.165) is 34.4 Å². The van der Waals surface area contributed by atoms with Gasteiger partial charge in [0.25, 0.3) is 0 Å². The van der Waals surface area contributed by atoms with Crippen LogP contribution in [0, 0.1) is 11.8 Å². The first kappa shape index (κ1) is 39.5. The summed E-state index contributed by atoms with van der Waals surface area (Å²) in [7, 11) is 7.00. The Morgan fingerprint density at radius 1 is 0.442 bits per heavy atom. The summed E-state index contributed by atoms with van der Waals surface area (Å²) in [6.45, 7) is 8.42. The number of aliphatic imine (C=N–C) groups is 2. The fourth-order valence-corrected chi connectivity index (χ4v) is 3.11. The molecule has 0 saturated carbocycles. The third-order valence-electron chi connectivity index (χ3n) is 5.03. The Bertz CT molecular complexity index is 1150. The summed E-state index contributed by atoms with van der Waals surface area (Å²) in [5.74, 6) is 2.30. The predicted molar refractivity (Wildman–Crippen MR) is 186 cm³/mol. The second kappa shape index (κ2) is 25.0. The van der Waals surface area contributed by atoms with Crippen LogP contribution in [-0.4, -0.2) is 39.9 Å². The van der Waals surface area contributed by atoms with Crippen molar-refractivity contribution in [1.82, 2.24) is 0 Å². The van der Waals surface area contributed by atoms with E-state index in [9.17, 15) is 0 Å².